The molecule has 2 rings (SSSR count). The molecule has 6 heteroatoms. The SMILES string of the molecule is NC(=NO)c1cc(Cl)ccc1Sc1cccc(F)c1. The first-order valence-corrected chi connectivity index (χ1v) is 6.50. The van der Waals surface area contributed by atoms with Crippen molar-refractivity contribution in [3.63, 3.8) is 0 Å². The van der Waals surface area contributed by atoms with Crippen LogP contribution in [-0.4, -0.2) is 11.0 Å². The lowest BCUT2D eigenvalue weighted by atomic mass is 10.2. The van der Waals surface area contributed by atoms with Gasteiger partial charge in [-0.25, -0.2) is 4.39 Å². The average molecular weight is 297 g/mol. The fourth-order valence-corrected chi connectivity index (χ4v) is 2.66. The van der Waals surface area contributed by atoms with Crippen LogP contribution in [0.5, 0.6) is 0 Å². The molecule has 0 heterocycles. The molecule has 2 aromatic carbocycles. The molecule has 0 aromatic heterocycles. The monoisotopic (exact) mass is 296 g/mol. The van der Waals surface area contributed by atoms with E-state index in [-0.39, 0.29) is 11.7 Å². The van der Waals surface area contributed by atoms with E-state index in [4.69, 9.17) is 22.5 Å². The van der Waals surface area contributed by atoms with Crippen LogP contribution in [0.1, 0.15) is 5.56 Å². The summed E-state index contributed by atoms with van der Waals surface area (Å²) in [7, 11) is 0. The number of hydrogen-bond donors (Lipinski definition) is 2. The minimum atomic E-state index is -0.315. The largest absolute Gasteiger partial charge is 0.409 e. The zero-order valence-electron chi connectivity index (χ0n) is 9.68. The Kier molecular flexibility index (Phi) is 4.29. The van der Waals surface area contributed by atoms with E-state index in [1.807, 2.05) is 0 Å². The molecule has 0 aliphatic rings. The van der Waals surface area contributed by atoms with Crippen LogP contribution in [0, 0.1) is 5.82 Å². The summed E-state index contributed by atoms with van der Waals surface area (Å²) in [5, 5.41) is 12.2. The minimum absolute atomic E-state index is 0.0404. The molecule has 0 unspecified atom stereocenters. The van der Waals surface area contributed by atoms with Gasteiger partial charge in [0.15, 0.2) is 5.84 Å². The molecule has 0 aliphatic heterocycles. The number of halogens is 2. The van der Waals surface area contributed by atoms with E-state index in [0.29, 0.717) is 15.5 Å². The third-order valence-electron chi connectivity index (χ3n) is 2.35. The fraction of sp³-hybridized carbons (Fsp3) is 0. The summed E-state index contributed by atoms with van der Waals surface area (Å²) < 4.78 is 13.1. The predicted octanol–water partition coefficient (Wildman–Crippen LogP) is 3.72. The Morgan fingerprint density at radius 3 is 2.74 bits per heavy atom. The van der Waals surface area contributed by atoms with E-state index in [1.54, 1.807) is 30.3 Å². The topological polar surface area (TPSA) is 58.6 Å². The predicted molar refractivity (Wildman–Crippen MR) is 74.5 cm³/mol. The molecule has 0 saturated carbocycles. The molecular weight excluding hydrogens is 287 g/mol. The normalized spacial score (nSPS) is 11.6. The maximum absolute atomic E-state index is 13.1. The third kappa shape index (κ3) is 3.39. The maximum atomic E-state index is 13.1. The second-order valence-corrected chi connectivity index (χ2v) is 5.24. The quantitative estimate of drug-likeness (QED) is 0.393. The van der Waals surface area contributed by atoms with Crippen LogP contribution < -0.4 is 5.73 Å². The van der Waals surface area contributed by atoms with Gasteiger partial charge in [-0.15, -0.1) is 0 Å². The van der Waals surface area contributed by atoms with Gasteiger partial charge in [0, 0.05) is 20.4 Å². The lowest BCUT2D eigenvalue weighted by Crippen LogP contribution is -2.14. The second kappa shape index (κ2) is 5.95. The number of rotatable bonds is 3. The smallest absolute Gasteiger partial charge is 0.171 e. The van der Waals surface area contributed by atoms with Crippen LogP contribution in [0.4, 0.5) is 4.39 Å². The molecule has 0 amide bonds. The molecule has 0 saturated heterocycles. The molecular formula is C13H10ClFN2OS. The summed E-state index contributed by atoms with van der Waals surface area (Å²) in [6.07, 6.45) is 0. The average Bonchev–Trinajstić information content (AvgIpc) is 2.40. The highest BCUT2D eigenvalue weighted by atomic mass is 35.5. The number of amidine groups is 1. The third-order valence-corrected chi connectivity index (χ3v) is 3.65. The van der Waals surface area contributed by atoms with E-state index in [0.717, 1.165) is 4.90 Å². The molecule has 3 nitrogen and oxygen atoms in total. The highest BCUT2D eigenvalue weighted by Crippen LogP contribution is 2.32. The van der Waals surface area contributed by atoms with Crippen molar-refractivity contribution in [1.82, 2.24) is 0 Å². The van der Waals surface area contributed by atoms with Crippen molar-refractivity contribution in [1.29, 1.82) is 0 Å². The van der Waals surface area contributed by atoms with E-state index in [2.05, 4.69) is 5.16 Å². The Morgan fingerprint density at radius 1 is 1.26 bits per heavy atom. The lowest BCUT2D eigenvalue weighted by molar-refractivity contribution is 0.318. The lowest BCUT2D eigenvalue weighted by Gasteiger charge is -2.08. The van der Waals surface area contributed by atoms with Gasteiger partial charge in [-0.1, -0.05) is 34.6 Å². The van der Waals surface area contributed by atoms with Gasteiger partial charge in [0.25, 0.3) is 0 Å². The minimum Gasteiger partial charge on any atom is -0.409 e. The van der Waals surface area contributed by atoms with Crippen molar-refractivity contribution in [2.75, 3.05) is 0 Å². The molecule has 0 aliphatic carbocycles. The van der Waals surface area contributed by atoms with Crippen molar-refractivity contribution in [3.05, 3.63) is 58.9 Å². The number of nitrogens with zero attached hydrogens (tertiary/aromatic N) is 1. The van der Waals surface area contributed by atoms with Gasteiger partial charge in [-0.05, 0) is 36.4 Å². The van der Waals surface area contributed by atoms with Crippen LogP contribution in [0.2, 0.25) is 5.02 Å². The Hall–Kier alpha value is -1.72. The highest BCUT2D eigenvalue weighted by molar-refractivity contribution is 7.99. The standard InChI is InChI=1S/C13H10ClFN2OS/c14-8-4-5-12(11(6-8)13(16)17-18)19-10-3-1-2-9(15)7-10/h1-7,18H,(H2,16,17). The summed E-state index contributed by atoms with van der Waals surface area (Å²) in [4.78, 5) is 1.44. The van der Waals surface area contributed by atoms with Crippen molar-refractivity contribution in [2.24, 2.45) is 10.9 Å². The van der Waals surface area contributed by atoms with Gasteiger partial charge < -0.3 is 10.9 Å². The van der Waals surface area contributed by atoms with Gasteiger partial charge in [0.2, 0.25) is 0 Å². The molecule has 0 fully saturated rings. The number of oxime groups is 1. The van der Waals surface area contributed by atoms with Crippen LogP contribution in [-0.2, 0) is 0 Å². The maximum Gasteiger partial charge on any atom is 0.171 e. The van der Waals surface area contributed by atoms with Crippen molar-refractivity contribution < 1.29 is 9.60 Å². The van der Waals surface area contributed by atoms with Crippen molar-refractivity contribution in [2.45, 2.75) is 9.79 Å². The zero-order chi connectivity index (χ0) is 13.8. The summed E-state index contributed by atoms with van der Waals surface area (Å²) >= 11 is 7.19. The number of nitrogens with two attached hydrogens (primary N) is 1. The Balaban J connectivity index is 2.40. The van der Waals surface area contributed by atoms with E-state index in [1.165, 1.54) is 23.9 Å². The van der Waals surface area contributed by atoms with Gasteiger partial charge in [-0.3, -0.25) is 0 Å². The molecule has 0 bridgehead atoms. The van der Waals surface area contributed by atoms with E-state index >= 15 is 0 Å². The second-order valence-electron chi connectivity index (χ2n) is 3.69. The molecule has 98 valence electrons. The molecule has 3 N–H and O–H groups in total. The molecule has 19 heavy (non-hydrogen) atoms. The summed E-state index contributed by atoms with van der Waals surface area (Å²) in [5.74, 6) is -0.356. The summed E-state index contributed by atoms with van der Waals surface area (Å²) in [6.45, 7) is 0. The Morgan fingerprint density at radius 2 is 2.05 bits per heavy atom. The fourth-order valence-electron chi connectivity index (χ4n) is 1.50. The Labute approximate surface area is 118 Å². The molecule has 0 spiro atoms. The molecule has 2 aromatic rings. The first-order chi connectivity index (χ1) is 9.10. The van der Waals surface area contributed by atoms with Crippen LogP contribution in [0.25, 0.3) is 0 Å². The number of hydrogen-bond acceptors (Lipinski definition) is 3. The summed E-state index contributed by atoms with van der Waals surface area (Å²) in [6, 6.07) is 11.2. The first-order valence-electron chi connectivity index (χ1n) is 5.31. The molecule has 0 radical (unpaired) electrons. The zero-order valence-corrected chi connectivity index (χ0v) is 11.2. The Bertz CT molecular complexity index is 634. The highest BCUT2D eigenvalue weighted by Gasteiger charge is 2.10. The van der Waals surface area contributed by atoms with Crippen LogP contribution in [0.3, 0.4) is 0 Å². The van der Waals surface area contributed by atoms with E-state index < -0.39 is 0 Å². The van der Waals surface area contributed by atoms with E-state index in [9.17, 15) is 4.39 Å². The van der Waals surface area contributed by atoms with Gasteiger partial charge in [0.05, 0.1) is 0 Å². The first kappa shape index (κ1) is 13.7. The van der Waals surface area contributed by atoms with Gasteiger partial charge in [0.1, 0.15) is 5.82 Å². The van der Waals surface area contributed by atoms with Gasteiger partial charge in [-0.2, -0.15) is 0 Å². The number of benzene rings is 2. The summed E-state index contributed by atoms with van der Waals surface area (Å²) in [5.41, 5.74) is 6.11. The van der Waals surface area contributed by atoms with Crippen molar-refractivity contribution in [3.8, 4) is 0 Å². The van der Waals surface area contributed by atoms with Crippen LogP contribution >= 0.6 is 23.4 Å². The van der Waals surface area contributed by atoms with Crippen LogP contribution in [0.15, 0.2) is 57.4 Å². The van der Waals surface area contributed by atoms with Crippen molar-refractivity contribution >= 4 is 29.2 Å². The van der Waals surface area contributed by atoms with Gasteiger partial charge >= 0.3 is 0 Å². The molecule has 0 atom stereocenters.